The summed E-state index contributed by atoms with van der Waals surface area (Å²) in [5, 5.41) is 20.2. The second-order valence-electron chi connectivity index (χ2n) is 7.54. The number of aromatic nitrogens is 1. The highest BCUT2D eigenvalue weighted by Crippen LogP contribution is 2.30. The first-order valence-electron chi connectivity index (χ1n) is 9.47. The molecule has 7 heteroatoms. The van der Waals surface area contributed by atoms with Crippen LogP contribution < -0.4 is 5.73 Å². The van der Waals surface area contributed by atoms with E-state index in [-0.39, 0.29) is 11.5 Å². The fourth-order valence-electron chi connectivity index (χ4n) is 3.69. The predicted octanol–water partition coefficient (Wildman–Crippen LogP) is 2.42. The Balaban J connectivity index is 1.70. The van der Waals surface area contributed by atoms with Gasteiger partial charge in [-0.05, 0) is 41.0 Å². The molecule has 6 nitrogen and oxygen atoms in total. The average Bonchev–Trinajstić information content (AvgIpc) is 2.69. The summed E-state index contributed by atoms with van der Waals surface area (Å²) in [6.45, 7) is 1.81. The summed E-state index contributed by atoms with van der Waals surface area (Å²) < 4.78 is 13.3. The fourth-order valence-corrected chi connectivity index (χ4v) is 3.69. The third-order valence-electron chi connectivity index (χ3n) is 5.34. The minimum Gasteiger partial charge on any atom is -0.366 e. The van der Waals surface area contributed by atoms with Crippen molar-refractivity contribution in [2.75, 3.05) is 13.1 Å². The lowest BCUT2D eigenvalue weighted by atomic mass is 9.98. The first kappa shape index (κ1) is 19.4. The standard InChI is InChI=1S/C22H22FN3O3/c23-16-4-2-15(3-5-16)18-12-20(21(24)27)25-19-11-14(1-6-17(18)19)13-26-9-7-22(28,29)8-10-26/h1-6,11-12,28-29H,7-10,13H2,(H2,24,27). The lowest BCUT2D eigenvalue weighted by Gasteiger charge is -2.34. The van der Waals surface area contributed by atoms with Crippen LogP contribution in [-0.2, 0) is 6.54 Å². The van der Waals surface area contributed by atoms with Crippen molar-refractivity contribution in [3.8, 4) is 11.1 Å². The molecule has 0 atom stereocenters. The highest BCUT2D eigenvalue weighted by molar-refractivity contribution is 6.00. The summed E-state index contributed by atoms with van der Waals surface area (Å²) in [5.74, 6) is -2.54. The molecule has 29 heavy (non-hydrogen) atoms. The number of likely N-dealkylation sites (tertiary alicyclic amines) is 1. The molecule has 3 aromatic rings. The van der Waals surface area contributed by atoms with E-state index in [1.807, 2.05) is 18.2 Å². The van der Waals surface area contributed by atoms with Gasteiger partial charge in [0, 0.05) is 37.9 Å². The van der Waals surface area contributed by atoms with Crippen molar-refractivity contribution in [2.45, 2.75) is 25.2 Å². The first-order chi connectivity index (χ1) is 13.8. The molecule has 150 valence electrons. The van der Waals surface area contributed by atoms with Crippen LogP contribution in [0.2, 0.25) is 0 Å². The third-order valence-corrected chi connectivity index (χ3v) is 5.34. The van der Waals surface area contributed by atoms with Crippen molar-refractivity contribution >= 4 is 16.8 Å². The molecule has 1 aliphatic heterocycles. The van der Waals surface area contributed by atoms with Gasteiger partial charge >= 0.3 is 0 Å². The van der Waals surface area contributed by atoms with Crippen molar-refractivity contribution in [1.29, 1.82) is 0 Å². The van der Waals surface area contributed by atoms with E-state index in [1.54, 1.807) is 18.2 Å². The van der Waals surface area contributed by atoms with Gasteiger partial charge in [0.25, 0.3) is 5.91 Å². The Labute approximate surface area is 167 Å². The molecule has 1 fully saturated rings. The molecule has 1 saturated heterocycles. The number of rotatable bonds is 4. The van der Waals surface area contributed by atoms with Crippen LogP contribution in [-0.4, -0.2) is 44.9 Å². The molecule has 0 radical (unpaired) electrons. The van der Waals surface area contributed by atoms with Crippen molar-refractivity contribution in [1.82, 2.24) is 9.88 Å². The number of pyridine rings is 1. The van der Waals surface area contributed by atoms with Crippen LogP contribution in [0.4, 0.5) is 4.39 Å². The maximum absolute atomic E-state index is 13.3. The monoisotopic (exact) mass is 395 g/mol. The van der Waals surface area contributed by atoms with E-state index >= 15 is 0 Å². The number of nitrogens with two attached hydrogens (primary N) is 1. The topological polar surface area (TPSA) is 99.7 Å². The number of primary amides is 1. The Bertz CT molecular complexity index is 1060. The highest BCUT2D eigenvalue weighted by Gasteiger charge is 2.29. The normalized spacial score (nSPS) is 16.8. The van der Waals surface area contributed by atoms with Gasteiger partial charge in [0.05, 0.1) is 5.52 Å². The number of fused-ring (bicyclic) bond motifs is 1. The van der Waals surface area contributed by atoms with E-state index in [1.165, 1.54) is 12.1 Å². The lowest BCUT2D eigenvalue weighted by Crippen LogP contribution is -2.43. The van der Waals surface area contributed by atoms with Gasteiger partial charge in [-0.1, -0.05) is 24.3 Å². The molecule has 0 saturated carbocycles. The summed E-state index contributed by atoms with van der Waals surface area (Å²) in [6.07, 6.45) is 0.610. The van der Waals surface area contributed by atoms with Crippen LogP contribution in [0.5, 0.6) is 0 Å². The van der Waals surface area contributed by atoms with Crippen molar-refractivity contribution < 1.29 is 19.4 Å². The molecular formula is C22H22FN3O3. The van der Waals surface area contributed by atoms with E-state index in [2.05, 4.69) is 9.88 Å². The van der Waals surface area contributed by atoms with Crippen molar-refractivity contribution in [3.05, 3.63) is 65.6 Å². The molecule has 2 heterocycles. The van der Waals surface area contributed by atoms with E-state index in [9.17, 15) is 19.4 Å². The van der Waals surface area contributed by atoms with Crippen LogP contribution in [0.15, 0.2) is 48.5 Å². The Morgan fingerprint density at radius 1 is 1.10 bits per heavy atom. The molecule has 0 spiro atoms. The number of carbonyl (C=O) groups excluding carboxylic acids is 1. The van der Waals surface area contributed by atoms with Crippen LogP contribution in [0.3, 0.4) is 0 Å². The molecule has 1 amide bonds. The SMILES string of the molecule is NC(=O)c1cc(-c2ccc(F)cc2)c2ccc(CN3CCC(O)(O)CC3)cc2n1. The Kier molecular flexibility index (Phi) is 5.04. The van der Waals surface area contributed by atoms with Crippen molar-refractivity contribution in [2.24, 2.45) is 5.73 Å². The molecule has 0 bridgehead atoms. The molecule has 0 unspecified atom stereocenters. The van der Waals surface area contributed by atoms with Crippen LogP contribution in [0, 0.1) is 5.82 Å². The number of hydrogen-bond donors (Lipinski definition) is 3. The van der Waals surface area contributed by atoms with Gasteiger partial charge in [-0.2, -0.15) is 0 Å². The van der Waals surface area contributed by atoms with Crippen LogP contribution >= 0.6 is 0 Å². The zero-order valence-electron chi connectivity index (χ0n) is 15.8. The summed E-state index contributed by atoms with van der Waals surface area (Å²) in [6, 6.07) is 13.5. The second kappa shape index (κ2) is 7.51. The highest BCUT2D eigenvalue weighted by atomic mass is 19.1. The number of amides is 1. The largest absolute Gasteiger partial charge is 0.366 e. The summed E-state index contributed by atoms with van der Waals surface area (Å²) in [4.78, 5) is 18.3. The molecular weight excluding hydrogens is 373 g/mol. The Hall–Kier alpha value is -2.87. The minimum atomic E-state index is -1.58. The number of carbonyl (C=O) groups is 1. The first-order valence-corrected chi connectivity index (χ1v) is 9.47. The number of nitrogens with zero attached hydrogens (tertiary/aromatic N) is 2. The van der Waals surface area contributed by atoms with Crippen LogP contribution in [0.1, 0.15) is 28.9 Å². The van der Waals surface area contributed by atoms with Gasteiger partial charge in [-0.3, -0.25) is 9.69 Å². The van der Waals surface area contributed by atoms with Gasteiger partial charge in [0.1, 0.15) is 11.5 Å². The van der Waals surface area contributed by atoms with Gasteiger partial charge in [-0.15, -0.1) is 0 Å². The van der Waals surface area contributed by atoms with Gasteiger partial charge < -0.3 is 15.9 Å². The van der Waals surface area contributed by atoms with E-state index in [0.29, 0.717) is 38.0 Å². The molecule has 4 N–H and O–H groups in total. The number of halogens is 1. The summed E-state index contributed by atoms with van der Waals surface area (Å²) in [7, 11) is 0. The second-order valence-corrected chi connectivity index (χ2v) is 7.54. The van der Waals surface area contributed by atoms with Crippen LogP contribution in [0.25, 0.3) is 22.0 Å². The number of piperidine rings is 1. The molecule has 0 aliphatic carbocycles. The van der Waals surface area contributed by atoms with E-state index in [0.717, 1.165) is 22.1 Å². The number of aliphatic hydroxyl groups is 2. The maximum Gasteiger partial charge on any atom is 0.267 e. The number of hydrogen-bond acceptors (Lipinski definition) is 5. The van der Waals surface area contributed by atoms with E-state index in [4.69, 9.17) is 5.73 Å². The summed E-state index contributed by atoms with van der Waals surface area (Å²) in [5.41, 5.74) is 8.79. The predicted molar refractivity (Wildman–Crippen MR) is 107 cm³/mol. The number of benzene rings is 2. The van der Waals surface area contributed by atoms with Gasteiger partial charge in [0.15, 0.2) is 5.79 Å². The zero-order chi connectivity index (χ0) is 20.6. The smallest absolute Gasteiger partial charge is 0.267 e. The molecule has 1 aromatic heterocycles. The summed E-state index contributed by atoms with van der Waals surface area (Å²) >= 11 is 0. The Morgan fingerprint density at radius 3 is 2.45 bits per heavy atom. The maximum atomic E-state index is 13.3. The lowest BCUT2D eigenvalue weighted by molar-refractivity contribution is -0.189. The third kappa shape index (κ3) is 4.27. The quantitative estimate of drug-likeness (QED) is 0.589. The fraction of sp³-hybridized carbons (Fsp3) is 0.273. The van der Waals surface area contributed by atoms with Gasteiger partial charge in [0.2, 0.25) is 0 Å². The van der Waals surface area contributed by atoms with Crippen molar-refractivity contribution in [3.63, 3.8) is 0 Å². The average molecular weight is 395 g/mol. The molecule has 4 rings (SSSR count). The van der Waals surface area contributed by atoms with Gasteiger partial charge in [-0.25, -0.2) is 9.37 Å². The molecule has 2 aromatic carbocycles. The Morgan fingerprint density at radius 2 is 1.79 bits per heavy atom. The zero-order valence-corrected chi connectivity index (χ0v) is 15.8. The molecule has 1 aliphatic rings. The minimum absolute atomic E-state index is 0.150. The van der Waals surface area contributed by atoms with E-state index < -0.39 is 11.7 Å².